The molecule has 2 rings (SSSR count). The number of morpholine rings is 1. The number of rotatable bonds is 3. The molecule has 6 heteroatoms. The van der Waals surface area contributed by atoms with Crippen molar-refractivity contribution in [2.75, 3.05) is 31.7 Å². The molecule has 1 aliphatic rings. The van der Waals surface area contributed by atoms with E-state index in [4.69, 9.17) is 4.74 Å². The van der Waals surface area contributed by atoms with Crippen molar-refractivity contribution in [2.45, 2.75) is 19.4 Å². The Morgan fingerprint density at radius 3 is 3.16 bits per heavy atom. The predicted octanol–water partition coefficient (Wildman–Crippen LogP) is 1.92. The molecule has 0 N–H and O–H groups in total. The highest BCUT2D eigenvalue weighted by Crippen LogP contribution is 2.22. The Morgan fingerprint density at radius 1 is 1.68 bits per heavy atom. The maximum absolute atomic E-state index is 11.3. The normalized spacial score (nSPS) is 19.3. The van der Waals surface area contributed by atoms with Crippen molar-refractivity contribution in [1.29, 1.82) is 0 Å². The van der Waals surface area contributed by atoms with Crippen molar-refractivity contribution in [3.63, 3.8) is 0 Å². The fraction of sp³-hybridized carbons (Fsp3) is 0.538. The van der Waals surface area contributed by atoms with Crippen LogP contribution in [0.25, 0.3) is 0 Å². The number of carbonyl (C=O) groups is 1. The van der Waals surface area contributed by atoms with Gasteiger partial charge in [-0.25, -0.2) is 4.98 Å². The van der Waals surface area contributed by atoms with Gasteiger partial charge in [-0.2, -0.15) is 0 Å². The van der Waals surface area contributed by atoms with Crippen LogP contribution in [0.4, 0.5) is 5.82 Å². The monoisotopic (exact) mass is 328 g/mol. The third kappa shape index (κ3) is 3.67. The number of halogens is 1. The van der Waals surface area contributed by atoms with Crippen LogP contribution in [0.3, 0.4) is 0 Å². The second kappa shape index (κ2) is 6.34. The molecule has 5 nitrogen and oxygen atoms in total. The minimum absolute atomic E-state index is 0.132. The van der Waals surface area contributed by atoms with E-state index in [0.29, 0.717) is 13.2 Å². The Labute approximate surface area is 121 Å². The number of hydrogen-bond donors (Lipinski definition) is 0. The smallest absolute Gasteiger partial charge is 0.308 e. The van der Waals surface area contributed by atoms with E-state index in [1.54, 1.807) is 6.20 Å². The highest BCUT2D eigenvalue weighted by Gasteiger charge is 2.24. The maximum atomic E-state index is 11.3. The van der Waals surface area contributed by atoms with E-state index in [-0.39, 0.29) is 18.5 Å². The molecule has 1 fully saturated rings. The Balaban J connectivity index is 2.04. The molecule has 0 saturated carbocycles. The first-order valence-electron chi connectivity index (χ1n) is 6.15. The van der Waals surface area contributed by atoms with E-state index in [0.717, 1.165) is 22.4 Å². The first-order valence-corrected chi connectivity index (χ1v) is 6.95. The standard InChI is InChI=1S/C13H17BrN2O3/c1-9-5-12(15-7-11(9)14)16-3-4-19-10(8-16)6-13(17)18-2/h5,7,10H,3-4,6,8H2,1-2H3/t10-/m0/s1. The lowest BCUT2D eigenvalue weighted by molar-refractivity contribution is -0.144. The molecular weight excluding hydrogens is 312 g/mol. The van der Waals surface area contributed by atoms with Gasteiger partial charge in [0.2, 0.25) is 0 Å². The molecule has 0 unspecified atom stereocenters. The second-order valence-electron chi connectivity index (χ2n) is 4.51. The SMILES string of the molecule is COC(=O)C[C@H]1CN(c2cc(C)c(Br)cn2)CCO1. The Hall–Kier alpha value is -1.14. The van der Waals surface area contributed by atoms with Gasteiger partial charge in [-0.1, -0.05) is 0 Å². The number of pyridine rings is 1. The van der Waals surface area contributed by atoms with Crippen LogP contribution in [0.1, 0.15) is 12.0 Å². The van der Waals surface area contributed by atoms with Gasteiger partial charge in [-0.15, -0.1) is 0 Å². The van der Waals surface area contributed by atoms with Crippen molar-refractivity contribution < 1.29 is 14.3 Å². The van der Waals surface area contributed by atoms with E-state index in [1.807, 2.05) is 13.0 Å². The summed E-state index contributed by atoms with van der Waals surface area (Å²) in [5.74, 6) is 0.672. The van der Waals surface area contributed by atoms with Gasteiger partial charge in [0.1, 0.15) is 5.82 Å². The summed E-state index contributed by atoms with van der Waals surface area (Å²) < 4.78 is 11.2. The average Bonchev–Trinajstić information content (AvgIpc) is 2.42. The van der Waals surface area contributed by atoms with Gasteiger partial charge in [-0.3, -0.25) is 4.79 Å². The Morgan fingerprint density at radius 2 is 2.47 bits per heavy atom. The topological polar surface area (TPSA) is 51.7 Å². The van der Waals surface area contributed by atoms with E-state index in [2.05, 4.69) is 30.6 Å². The molecule has 1 aromatic heterocycles. The number of esters is 1. The number of ether oxygens (including phenoxy) is 2. The quantitative estimate of drug-likeness (QED) is 0.793. The maximum Gasteiger partial charge on any atom is 0.308 e. The lowest BCUT2D eigenvalue weighted by atomic mass is 10.2. The van der Waals surface area contributed by atoms with Crippen LogP contribution in [0.5, 0.6) is 0 Å². The first-order chi connectivity index (χ1) is 9.10. The average molecular weight is 329 g/mol. The number of aromatic nitrogens is 1. The molecule has 1 aliphatic heterocycles. The lowest BCUT2D eigenvalue weighted by Crippen LogP contribution is -2.43. The summed E-state index contributed by atoms with van der Waals surface area (Å²) in [7, 11) is 1.39. The van der Waals surface area contributed by atoms with Crippen molar-refractivity contribution in [2.24, 2.45) is 0 Å². The zero-order valence-electron chi connectivity index (χ0n) is 11.1. The molecule has 1 saturated heterocycles. The van der Waals surface area contributed by atoms with Gasteiger partial charge >= 0.3 is 5.97 Å². The zero-order chi connectivity index (χ0) is 13.8. The van der Waals surface area contributed by atoms with Crippen LogP contribution < -0.4 is 4.90 Å². The highest BCUT2D eigenvalue weighted by atomic mass is 79.9. The third-order valence-electron chi connectivity index (χ3n) is 3.12. The molecule has 0 bridgehead atoms. The fourth-order valence-electron chi connectivity index (χ4n) is 2.02. The molecule has 0 spiro atoms. The van der Waals surface area contributed by atoms with Crippen LogP contribution in [-0.4, -0.2) is 43.9 Å². The summed E-state index contributed by atoms with van der Waals surface area (Å²) in [6, 6.07) is 2.03. The lowest BCUT2D eigenvalue weighted by Gasteiger charge is -2.33. The van der Waals surface area contributed by atoms with Crippen molar-refractivity contribution in [3.8, 4) is 0 Å². The summed E-state index contributed by atoms with van der Waals surface area (Å²) >= 11 is 3.44. The number of methoxy groups -OCH3 is 1. The molecule has 1 atom stereocenters. The Kier molecular flexibility index (Phi) is 4.76. The van der Waals surface area contributed by atoms with Crippen LogP contribution in [0.2, 0.25) is 0 Å². The van der Waals surface area contributed by atoms with Crippen LogP contribution >= 0.6 is 15.9 Å². The van der Waals surface area contributed by atoms with Crippen molar-refractivity contribution in [3.05, 3.63) is 22.3 Å². The minimum atomic E-state index is -0.244. The molecule has 0 aliphatic carbocycles. The number of hydrogen-bond acceptors (Lipinski definition) is 5. The van der Waals surface area contributed by atoms with Crippen LogP contribution in [0.15, 0.2) is 16.7 Å². The van der Waals surface area contributed by atoms with E-state index < -0.39 is 0 Å². The van der Waals surface area contributed by atoms with Gasteiger partial charge < -0.3 is 14.4 Å². The van der Waals surface area contributed by atoms with E-state index >= 15 is 0 Å². The Bertz CT molecular complexity index is 467. The summed E-state index contributed by atoms with van der Waals surface area (Å²) in [6.07, 6.45) is 1.95. The summed E-state index contributed by atoms with van der Waals surface area (Å²) in [5, 5.41) is 0. The molecular formula is C13H17BrN2O3. The molecule has 2 heterocycles. The van der Waals surface area contributed by atoms with Crippen molar-refractivity contribution >= 4 is 27.7 Å². The van der Waals surface area contributed by atoms with Gasteiger partial charge in [-0.05, 0) is 34.5 Å². The molecule has 1 aromatic rings. The molecule has 104 valence electrons. The summed E-state index contributed by atoms with van der Waals surface area (Å²) in [4.78, 5) is 17.8. The van der Waals surface area contributed by atoms with Crippen LogP contribution in [0, 0.1) is 6.92 Å². The van der Waals surface area contributed by atoms with Gasteiger partial charge in [0, 0.05) is 23.8 Å². The fourth-order valence-corrected chi connectivity index (χ4v) is 2.23. The van der Waals surface area contributed by atoms with Gasteiger partial charge in [0.15, 0.2) is 0 Å². The minimum Gasteiger partial charge on any atom is -0.469 e. The predicted molar refractivity (Wildman–Crippen MR) is 75.3 cm³/mol. The van der Waals surface area contributed by atoms with E-state index in [9.17, 15) is 4.79 Å². The second-order valence-corrected chi connectivity index (χ2v) is 5.37. The number of aryl methyl sites for hydroxylation is 1. The summed E-state index contributed by atoms with van der Waals surface area (Å²) in [5.41, 5.74) is 1.14. The molecule has 0 amide bonds. The molecule has 0 radical (unpaired) electrons. The number of anilines is 1. The van der Waals surface area contributed by atoms with Gasteiger partial charge in [0.05, 0.1) is 26.2 Å². The molecule has 19 heavy (non-hydrogen) atoms. The largest absolute Gasteiger partial charge is 0.469 e. The highest BCUT2D eigenvalue weighted by molar-refractivity contribution is 9.10. The third-order valence-corrected chi connectivity index (χ3v) is 3.95. The summed E-state index contributed by atoms with van der Waals surface area (Å²) in [6.45, 7) is 4.06. The number of carbonyl (C=O) groups excluding carboxylic acids is 1. The molecule has 0 aromatic carbocycles. The van der Waals surface area contributed by atoms with Crippen LogP contribution in [-0.2, 0) is 14.3 Å². The van der Waals surface area contributed by atoms with Gasteiger partial charge in [0.25, 0.3) is 0 Å². The first kappa shape index (κ1) is 14.3. The number of nitrogens with zero attached hydrogens (tertiary/aromatic N) is 2. The zero-order valence-corrected chi connectivity index (χ0v) is 12.6. The van der Waals surface area contributed by atoms with E-state index in [1.165, 1.54) is 7.11 Å². The van der Waals surface area contributed by atoms with Crippen molar-refractivity contribution in [1.82, 2.24) is 4.98 Å².